The Bertz CT molecular complexity index is 520. The molecule has 0 saturated heterocycles. The number of hydrogen-bond donors (Lipinski definition) is 2. The molecule has 0 radical (unpaired) electrons. The molecule has 0 bridgehead atoms. The Labute approximate surface area is 132 Å². The summed E-state index contributed by atoms with van der Waals surface area (Å²) in [6.07, 6.45) is 4.74. The molecule has 0 aliphatic rings. The first kappa shape index (κ1) is 18.0. The number of nitrogens with zero attached hydrogens (tertiary/aromatic N) is 2. The molecule has 120 valence electrons. The average molecular weight is 304 g/mol. The molecule has 0 aliphatic carbocycles. The second kappa shape index (κ2) is 10.6. The van der Waals surface area contributed by atoms with E-state index in [-0.39, 0.29) is 12.4 Å². The number of halogens is 1. The van der Waals surface area contributed by atoms with E-state index in [9.17, 15) is 4.39 Å². The van der Waals surface area contributed by atoms with Gasteiger partial charge in [0.25, 0.3) is 0 Å². The van der Waals surface area contributed by atoms with Crippen molar-refractivity contribution in [1.29, 1.82) is 5.26 Å². The van der Waals surface area contributed by atoms with Gasteiger partial charge in [0.1, 0.15) is 5.82 Å². The zero-order chi connectivity index (χ0) is 16.2. The van der Waals surface area contributed by atoms with Gasteiger partial charge in [-0.05, 0) is 31.5 Å². The SMILES string of the molecule is CCCCCCNC(=NCc1cc(C#N)ccc1F)NCC. The fourth-order valence-electron chi connectivity index (χ4n) is 2.03. The standard InChI is InChI=1S/C17H25FN4/c1-3-5-6-7-10-21-17(20-4-2)22-13-15-11-14(12-19)8-9-16(15)18/h8-9,11H,3-7,10,13H2,1-2H3,(H2,20,21,22). The summed E-state index contributed by atoms with van der Waals surface area (Å²) in [7, 11) is 0. The average Bonchev–Trinajstić information content (AvgIpc) is 2.53. The lowest BCUT2D eigenvalue weighted by atomic mass is 10.1. The highest BCUT2D eigenvalue weighted by Crippen LogP contribution is 2.11. The van der Waals surface area contributed by atoms with Crippen LogP contribution in [-0.2, 0) is 6.54 Å². The zero-order valence-electron chi connectivity index (χ0n) is 13.5. The zero-order valence-corrected chi connectivity index (χ0v) is 13.5. The number of rotatable bonds is 8. The van der Waals surface area contributed by atoms with Gasteiger partial charge in [0.2, 0.25) is 0 Å². The van der Waals surface area contributed by atoms with E-state index in [1.54, 1.807) is 6.07 Å². The van der Waals surface area contributed by atoms with Crippen LogP contribution in [0.15, 0.2) is 23.2 Å². The smallest absolute Gasteiger partial charge is 0.191 e. The lowest BCUT2D eigenvalue weighted by Gasteiger charge is -2.11. The molecule has 0 heterocycles. The fraction of sp³-hybridized carbons (Fsp3) is 0.529. The van der Waals surface area contributed by atoms with Gasteiger partial charge in [-0.15, -0.1) is 0 Å². The summed E-state index contributed by atoms with van der Waals surface area (Å²) in [4.78, 5) is 4.38. The predicted octanol–water partition coefficient (Wildman–Crippen LogP) is 3.33. The van der Waals surface area contributed by atoms with Gasteiger partial charge >= 0.3 is 0 Å². The molecule has 1 aromatic rings. The molecule has 0 unspecified atom stereocenters. The highest BCUT2D eigenvalue weighted by Gasteiger charge is 2.04. The Morgan fingerprint density at radius 2 is 2.05 bits per heavy atom. The Hall–Kier alpha value is -2.09. The molecule has 2 N–H and O–H groups in total. The van der Waals surface area contributed by atoms with Crippen LogP contribution in [0.5, 0.6) is 0 Å². The molecule has 0 spiro atoms. The number of benzene rings is 1. The van der Waals surface area contributed by atoms with Gasteiger partial charge in [0, 0.05) is 18.7 Å². The molecule has 0 aromatic heterocycles. The summed E-state index contributed by atoms with van der Waals surface area (Å²) in [6.45, 7) is 5.99. The molecule has 1 rings (SSSR count). The van der Waals surface area contributed by atoms with Crippen LogP contribution in [0.1, 0.15) is 50.7 Å². The molecule has 0 saturated carbocycles. The highest BCUT2D eigenvalue weighted by molar-refractivity contribution is 5.79. The molecule has 22 heavy (non-hydrogen) atoms. The molecular weight excluding hydrogens is 279 g/mol. The van der Waals surface area contributed by atoms with Crippen molar-refractivity contribution in [3.05, 3.63) is 35.1 Å². The number of nitriles is 1. The van der Waals surface area contributed by atoms with Crippen LogP contribution < -0.4 is 10.6 Å². The quantitative estimate of drug-likeness (QED) is 0.440. The van der Waals surface area contributed by atoms with E-state index in [4.69, 9.17) is 5.26 Å². The number of guanidine groups is 1. The van der Waals surface area contributed by atoms with Gasteiger partial charge in [0.05, 0.1) is 18.2 Å². The van der Waals surface area contributed by atoms with E-state index in [0.29, 0.717) is 17.1 Å². The number of aliphatic imine (C=N–C) groups is 1. The number of hydrogen-bond acceptors (Lipinski definition) is 2. The van der Waals surface area contributed by atoms with Crippen molar-refractivity contribution in [3.63, 3.8) is 0 Å². The Morgan fingerprint density at radius 3 is 2.73 bits per heavy atom. The molecular formula is C17H25FN4. The third kappa shape index (κ3) is 6.57. The van der Waals surface area contributed by atoms with Gasteiger partial charge in [0.15, 0.2) is 5.96 Å². The van der Waals surface area contributed by atoms with Crippen molar-refractivity contribution in [2.75, 3.05) is 13.1 Å². The van der Waals surface area contributed by atoms with Crippen LogP contribution in [0.3, 0.4) is 0 Å². The summed E-state index contributed by atoms with van der Waals surface area (Å²) in [5.41, 5.74) is 0.881. The third-order valence-electron chi connectivity index (χ3n) is 3.25. The highest BCUT2D eigenvalue weighted by atomic mass is 19.1. The maximum absolute atomic E-state index is 13.7. The summed E-state index contributed by atoms with van der Waals surface area (Å²) >= 11 is 0. The van der Waals surface area contributed by atoms with Crippen LogP contribution in [0.2, 0.25) is 0 Å². The predicted molar refractivity (Wildman–Crippen MR) is 88.1 cm³/mol. The van der Waals surface area contributed by atoms with E-state index in [0.717, 1.165) is 19.5 Å². The maximum atomic E-state index is 13.7. The molecule has 0 aliphatic heterocycles. The van der Waals surface area contributed by atoms with Crippen LogP contribution >= 0.6 is 0 Å². The molecule has 1 aromatic carbocycles. The van der Waals surface area contributed by atoms with Crippen molar-refractivity contribution < 1.29 is 4.39 Å². The maximum Gasteiger partial charge on any atom is 0.191 e. The minimum atomic E-state index is -0.332. The third-order valence-corrected chi connectivity index (χ3v) is 3.25. The molecule has 4 nitrogen and oxygen atoms in total. The number of nitrogens with one attached hydrogen (secondary N) is 2. The minimum Gasteiger partial charge on any atom is -0.357 e. The van der Waals surface area contributed by atoms with Crippen LogP contribution in [-0.4, -0.2) is 19.0 Å². The Balaban J connectivity index is 2.60. The van der Waals surface area contributed by atoms with E-state index >= 15 is 0 Å². The second-order valence-electron chi connectivity index (χ2n) is 5.10. The molecule has 0 fully saturated rings. The molecule has 0 atom stereocenters. The molecule has 0 amide bonds. The minimum absolute atomic E-state index is 0.214. The van der Waals surface area contributed by atoms with E-state index in [2.05, 4.69) is 22.5 Å². The summed E-state index contributed by atoms with van der Waals surface area (Å²) in [6, 6.07) is 6.35. The molecule has 5 heteroatoms. The lowest BCUT2D eigenvalue weighted by molar-refractivity contribution is 0.609. The first-order valence-electron chi connectivity index (χ1n) is 7.92. The second-order valence-corrected chi connectivity index (χ2v) is 5.10. The van der Waals surface area contributed by atoms with Crippen molar-refractivity contribution in [2.45, 2.75) is 46.1 Å². The van der Waals surface area contributed by atoms with Crippen molar-refractivity contribution in [1.82, 2.24) is 10.6 Å². The van der Waals surface area contributed by atoms with Gasteiger partial charge in [-0.25, -0.2) is 9.38 Å². The largest absolute Gasteiger partial charge is 0.357 e. The Kier molecular flexibility index (Phi) is 8.66. The van der Waals surface area contributed by atoms with E-state index in [1.807, 2.05) is 13.0 Å². The summed E-state index contributed by atoms with van der Waals surface area (Å²) in [5.74, 6) is 0.349. The van der Waals surface area contributed by atoms with Crippen molar-refractivity contribution in [2.24, 2.45) is 4.99 Å². The monoisotopic (exact) mass is 304 g/mol. The van der Waals surface area contributed by atoms with Gasteiger partial charge in [-0.3, -0.25) is 0 Å². The first-order valence-corrected chi connectivity index (χ1v) is 7.92. The topological polar surface area (TPSA) is 60.2 Å². The fourth-order valence-corrected chi connectivity index (χ4v) is 2.03. The van der Waals surface area contributed by atoms with E-state index < -0.39 is 0 Å². The normalized spacial score (nSPS) is 11.1. The van der Waals surface area contributed by atoms with Crippen LogP contribution in [0.25, 0.3) is 0 Å². The summed E-state index contributed by atoms with van der Waals surface area (Å²) < 4.78 is 13.7. The van der Waals surface area contributed by atoms with E-state index in [1.165, 1.54) is 31.4 Å². The van der Waals surface area contributed by atoms with Gasteiger partial charge < -0.3 is 10.6 Å². The Morgan fingerprint density at radius 1 is 1.23 bits per heavy atom. The van der Waals surface area contributed by atoms with Crippen molar-refractivity contribution in [3.8, 4) is 6.07 Å². The lowest BCUT2D eigenvalue weighted by Crippen LogP contribution is -2.37. The summed E-state index contributed by atoms with van der Waals surface area (Å²) in [5, 5.41) is 15.3. The van der Waals surface area contributed by atoms with Crippen molar-refractivity contribution >= 4 is 5.96 Å². The van der Waals surface area contributed by atoms with Gasteiger partial charge in [-0.2, -0.15) is 5.26 Å². The van der Waals surface area contributed by atoms with Crippen LogP contribution in [0.4, 0.5) is 4.39 Å². The first-order chi connectivity index (χ1) is 10.7. The van der Waals surface area contributed by atoms with Crippen LogP contribution in [0, 0.1) is 17.1 Å². The van der Waals surface area contributed by atoms with Gasteiger partial charge in [-0.1, -0.05) is 26.2 Å². The number of unbranched alkanes of at least 4 members (excludes halogenated alkanes) is 3.